The molecule has 1 saturated heterocycles. The Balaban J connectivity index is 0.000000133. The van der Waals surface area contributed by atoms with Crippen molar-refractivity contribution in [3.8, 4) is 53.6 Å². The smallest absolute Gasteiger partial charge is 0.485 e. The molecule has 9 rings (SSSR count). The van der Waals surface area contributed by atoms with E-state index in [0.29, 0.717) is 26.4 Å². The van der Waals surface area contributed by atoms with Crippen LogP contribution in [-0.4, -0.2) is 54.6 Å². The number of nitrogens with zero attached hydrogens (tertiary/aromatic N) is 2. The minimum atomic E-state index is -0.406. The van der Waals surface area contributed by atoms with Crippen LogP contribution in [-0.2, 0) is 9.31 Å². The van der Waals surface area contributed by atoms with E-state index < -0.39 is 9.85 Å². The number of halogens is 1. The number of hydrogen-bond donors (Lipinski definition) is 0. The Bertz CT molecular complexity index is 2290. The van der Waals surface area contributed by atoms with Crippen LogP contribution in [0.2, 0.25) is 0 Å². The molecule has 12 nitrogen and oxygen atoms in total. The van der Waals surface area contributed by atoms with Crippen LogP contribution < -0.4 is 23.7 Å². The van der Waals surface area contributed by atoms with Crippen molar-refractivity contribution in [1.82, 2.24) is 0 Å². The Morgan fingerprint density at radius 3 is 1.52 bits per heavy atom. The van der Waals surface area contributed by atoms with Gasteiger partial charge in [0.2, 0.25) is 0 Å². The van der Waals surface area contributed by atoms with Gasteiger partial charge in [-0.05, 0) is 103 Å². The van der Waals surface area contributed by atoms with Gasteiger partial charge in [0.15, 0.2) is 23.0 Å². The van der Waals surface area contributed by atoms with Gasteiger partial charge in [-0.3, -0.25) is 20.2 Å². The van der Waals surface area contributed by atoms with Gasteiger partial charge < -0.3 is 28.3 Å². The number of benzene rings is 2. The number of rotatable bonds is 6. The SMILES string of the molecule is CC1(C)OB(c2cccs2)OC1(C)C.O=[N+]([O-])c1ccc(-c2sc(-c3cccs3)c3c2OCCO3)cc1.O=[N+]([O-])c1ccc(-c2sc(I)c3c2OCCO3)cc1. The van der Waals surface area contributed by atoms with E-state index in [4.69, 9.17) is 28.3 Å². The van der Waals surface area contributed by atoms with Gasteiger partial charge in [0.1, 0.15) is 29.3 Å². The first kappa shape index (κ1) is 40.2. The summed E-state index contributed by atoms with van der Waals surface area (Å²) in [4.78, 5) is 24.7. The van der Waals surface area contributed by atoms with Crippen LogP contribution >= 0.6 is 67.9 Å². The maximum absolute atomic E-state index is 10.8. The molecule has 56 heavy (non-hydrogen) atoms. The lowest BCUT2D eigenvalue weighted by atomic mass is 9.88. The minimum Gasteiger partial charge on any atom is -0.485 e. The monoisotopic (exact) mass is 944 g/mol. The van der Waals surface area contributed by atoms with Crippen LogP contribution in [0.3, 0.4) is 0 Å². The summed E-state index contributed by atoms with van der Waals surface area (Å²) in [6, 6.07) is 21.1. The third kappa shape index (κ3) is 8.46. The molecule has 0 unspecified atom stereocenters. The zero-order valence-corrected chi connectivity index (χ0v) is 35.9. The fraction of sp³-hybridized carbons (Fsp3) is 0.263. The van der Waals surface area contributed by atoms with E-state index in [1.807, 2.05) is 35.0 Å². The largest absolute Gasteiger partial charge is 0.505 e. The van der Waals surface area contributed by atoms with Crippen molar-refractivity contribution in [2.45, 2.75) is 38.9 Å². The van der Waals surface area contributed by atoms with E-state index in [1.165, 1.54) is 24.3 Å². The Kier molecular flexibility index (Phi) is 12.1. The molecule has 0 saturated carbocycles. The number of thiophene rings is 4. The van der Waals surface area contributed by atoms with Crippen LogP contribution in [0.1, 0.15) is 27.7 Å². The molecular weight excluding hydrogens is 910 g/mol. The predicted molar refractivity (Wildman–Crippen MR) is 231 cm³/mol. The summed E-state index contributed by atoms with van der Waals surface area (Å²) in [5, 5.41) is 25.5. The second-order valence-electron chi connectivity index (χ2n) is 13.4. The first-order valence-corrected chi connectivity index (χ1v) is 21.7. The Hall–Kier alpha value is -4.05. The van der Waals surface area contributed by atoms with Crippen molar-refractivity contribution in [1.29, 1.82) is 0 Å². The molecular formula is C38H34BIN2O10S4. The average Bonchev–Trinajstić information content (AvgIpc) is 4.04. The van der Waals surface area contributed by atoms with E-state index in [-0.39, 0.29) is 29.7 Å². The zero-order chi connectivity index (χ0) is 39.6. The molecule has 3 aliphatic rings. The lowest BCUT2D eigenvalue weighted by Crippen LogP contribution is -2.41. The summed E-state index contributed by atoms with van der Waals surface area (Å²) in [6.45, 7) is 10.4. The third-order valence-electron chi connectivity index (χ3n) is 9.21. The summed E-state index contributed by atoms with van der Waals surface area (Å²) < 4.78 is 36.9. The van der Waals surface area contributed by atoms with Crippen molar-refractivity contribution in [2.75, 3.05) is 26.4 Å². The number of non-ortho nitro benzene ring substituents is 2. The molecule has 0 aliphatic carbocycles. The second-order valence-corrected chi connectivity index (χ2v) is 19.1. The topological polar surface area (TPSA) is 142 Å². The van der Waals surface area contributed by atoms with E-state index >= 15 is 0 Å². The highest BCUT2D eigenvalue weighted by molar-refractivity contribution is 14.1. The van der Waals surface area contributed by atoms with Crippen LogP contribution in [0.15, 0.2) is 83.6 Å². The molecule has 0 N–H and O–H groups in total. The maximum atomic E-state index is 10.8. The summed E-state index contributed by atoms with van der Waals surface area (Å²) in [5.41, 5.74) is 1.49. The van der Waals surface area contributed by atoms with Crippen molar-refractivity contribution in [3.63, 3.8) is 0 Å². The minimum absolute atomic E-state index is 0.0785. The van der Waals surface area contributed by atoms with Gasteiger partial charge in [-0.15, -0.1) is 34.0 Å². The molecule has 3 aliphatic heterocycles. The second kappa shape index (κ2) is 16.8. The molecule has 0 bridgehead atoms. The Morgan fingerprint density at radius 2 is 1.05 bits per heavy atom. The average molecular weight is 945 g/mol. The summed E-state index contributed by atoms with van der Waals surface area (Å²) in [7, 11) is -0.194. The fourth-order valence-electron chi connectivity index (χ4n) is 5.67. The van der Waals surface area contributed by atoms with E-state index in [2.05, 4.69) is 50.3 Å². The number of nitro groups is 2. The number of nitro benzene ring substituents is 2. The van der Waals surface area contributed by atoms with E-state index in [0.717, 1.165) is 61.3 Å². The first-order chi connectivity index (χ1) is 26.8. The molecule has 0 radical (unpaired) electrons. The molecule has 0 amide bonds. The summed E-state index contributed by atoms with van der Waals surface area (Å²) in [5.74, 6) is 3.04. The van der Waals surface area contributed by atoms with Gasteiger partial charge in [0.05, 0.1) is 35.7 Å². The van der Waals surface area contributed by atoms with Gasteiger partial charge in [-0.1, -0.05) is 18.2 Å². The normalized spacial score (nSPS) is 15.9. The number of hydrogen-bond acceptors (Lipinski definition) is 14. The first-order valence-electron chi connectivity index (χ1n) is 17.3. The van der Waals surface area contributed by atoms with Crippen LogP contribution in [0, 0.1) is 23.1 Å². The lowest BCUT2D eigenvalue weighted by Gasteiger charge is -2.32. The predicted octanol–water partition coefficient (Wildman–Crippen LogP) is 10.6. The summed E-state index contributed by atoms with van der Waals surface area (Å²) >= 11 is 8.69. The lowest BCUT2D eigenvalue weighted by molar-refractivity contribution is -0.385. The van der Waals surface area contributed by atoms with Crippen molar-refractivity contribution in [2.24, 2.45) is 0 Å². The number of fused-ring (bicyclic) bond motifs is 2. The van der Waals surface area contributed by atoms with Gasteiger partial charge in [-0.25, -0.2) is 0 Å². The molecule has 6 aromatic rings. The van der Waals surface area contributed by atoms with Gasteiger partial charge in [0, 0.05) is 33.9 Å². The Morgan fingerprint density at radius 1 is 0.607 bits per heavy atom. The third-order valence-corrected chi connectivity index (χ3v) is 14.5. The Labute approximate surface area is 352 Å². The van der Waals surface area contributed by atoms with Crippen molar-refractivity contribution >= 4 is 91.2 Å². The van der Waals surface area contributed by atoms with Gasteiger partial charge in [0.25, 0.3) is 11.4 Å². The molecule has 7 heterocycles. The van der Waals surface area contributed by atoms with Crippen LogP contribution in [0.25, 0.3) is 30.6 Å². The highest BCUT2D eigenvalue weighted by Crippen LogP contribution is 2.54. The zero-order valence-electron chi connectivity index (χ0n) is 30.5. The fourth-order valence-corrected chi connectivity index (χ4v) is 10.4. The molecule has 4 aromatic heterocycles. The van der Waals surface area contributed by atoms with Gasteiger partial charge in [-0.2, -0.15) is 11.3 Å². The van der Waals surface area contributed by atoms with Crippen molar-refractivity contribution in [3.05, 3.63) is 107 Å². The molecule has 2 aromatic carbocycles. The van der Waals surface area contributed by atoms with Crippen molar-refractivity contribution < 1.29 is 38.1 Å². The van der Waals surface area contributed by atoms with E-state index in [9.17, 15) is 20.2 Å². The molecule has 1 fully saturated rings. The number of ether oxygens (including phenoxy) is 4. The van der Waals surface area contributed by atoms with E-state index in [1.54, 1.807) is 69.6 Å². The quantitative estimate of drug-likeness (QED) is 0.0685. The summed E-state index contributed by atoms with van der Waals surface area (Å²) in [6.07, 6.45) is 0. The molecule has 0 atom stereocenters. The van der Waals surface area contributed by atoms with Crippen LogP contribution in [0.4, 0.5) is 11.4 Å². The van der Waals surface area contributed by atoms with Gasteiger partial charge >= 0.3 is 7.12 Å². The maximum Gasteiger partial charge on any atom is 0.505 e. The van der Waals surface area contributed by atoms with Crippen LogP contribution in [0.5, 0.6) is 23.0 Å². The molecule has 18 heteroatoms. The molecule has 0 spiro atoms. The molecule has 290 valence electrons. The highest BCUT2D eigenvalue weighted by atomic mass is 127. The highest BCUT2D eigenvalue weighted by Gasteiger charge is 2.52. The standard InChI is InChI=1S/C16H11NO4S2.C12H8INO4S.C10H15BO2S/c18-17(19)11-5-3-10(4-6-11)15-13-14(21-8-7-20-13)16(23-15)12-2-1-9-22-12;13-12-10-9(17-5-6-18-10)11(19-12)7-1-3-8(4-2-7)14(15)16;1-9(2)10(3,4)13-11(12-9)8-6-5-7-14-8/h1-6,9H,7-8H2;1-4H,5-6H2;5-7H,1-4H3.